The highest BCUT2D eigenvalue weighted by molar-refractivity contribution is 9.10. The predicted octanol–water partition coefficient (Wildman–Crippen LogP) is 1.97. The first-order valence-electron chi connectivity index (χ1n) is 9.83. The van der Waals surface area contributed by atoms with Gasteiger partial charge in [-0.2, -0.15) is 9.41 Å². The SMILES string of the molecule is CN(C)c1ccc(/C=N/NC(=O)CN2CCN(S(=O)(=O)c3ccc(Br)cc3)CC2)cc1. The van der Waals surface area contributed by atoms with Crippen molar-refractivity contribution in [1.29, 1.82) is 0 Å². The molecule has 166 valence electrons. The summed E-state index contributed by atoms with van der Waals surface area (Å²) in [6.07, 6.45) is 1.60. The average molecular weight is 508 g/mol. The molecule has 1 heterocycles. The third-order valence-corrected chi connectivity index (χ3v) is 7.40. The minimum Gasteiger partial charge on any atom is -0.378 e. The van der Waals surface area contributed by atoms with Crippen LogP contribution in [0.15, 0.2) is 63.0 Å². The number of hydrogen-bond acceptors (Lipinski definition) is 6. The molecular weight excluding hydrogens is 482 g/mol. The van der Waals surface area contributed by atoms with Crippen LogP contribution in [0.2, 0.25) is 0 Å². The molecule has 0 aliphatic carbocycles. The zero-order valence-electron chi connectivity index (χ0n) is 17.5. The van der Waals surface area contributed by atoms with Gasteiger partial charge in [0.05, 0.1) is 17.7 Å². The number of benzene rings is 2. The molecule has 0 saturated carbocycles. The number of carbonyl (C=O) groups excluding carboxylic acids is 1. The molecule has 0 radical (unpaired) electrons. The molecule has 1 amide bonds. The fourth-order valence-electron chi connectivity index (χ4n) is 3.16. The Hall–Kier alpha value is -2.27. The molecule has 1 fully saturated rings. The van der Waals surface area contributed by atoms with E-state index in [1.807, 2.05) is 48.2 Å². The molecule has 1 N–H and O–H groups in total. The monoisotopic (exact) mass is 507 g/mol. The number of nitrogens with one attached hydrogen (secondary N) is 1. The normalized spacial score (nSPS) is 15.8. The van der Waals surface area contributed by atoms with E-state index >= 15 is 0 Å². The van der Waals surface area contributed by atoms with Crippen LogP contribution in [0.4, 0.5) is 5.69 Å². The van der Waals surface area contributed by atoms with E-state index in [-0.39, 0.29) is 17.3 Å². The molecule has 1 saturated heterocycles. The van der Waals surface area contributed by atoms with Gasteiger partial charge >= 0.3 is 0 Å². The highest BCUT2D eigenvalue weighted by Crippen LogP contribution is 2.20. The molecule has 31 heavy (non-hydrogen) atoms. The Labute approximate surface area is 191 Å². The molecule has 10 heteroatoms. The molecule has 0 aromatic heterocycles. The molecule has 0 unspecified atom stereocenters. The summed E-state index contributed by atoms with van der Waals surface area (Å²) in [6, 6.07) is 14.4. The molecular formula is C21H26BrN5O3S. The van der Waals surface area contributed by atoms with Crippen molar-refractivity contribution in [1.82, 2.24) is 14.6 Å². The minimum atomic E-state index is -3.53. The maximum absolute atomic E-state index is 12.8. The van der Waals surface area contributed by atoms with Crippen molar-refractivity contribution in [3.05, 3.63) is 58.6 Å². The number of piperazine rings is 1. The van der Waals surface area contributed by atoms with Crippen LogP contribution < -0.4 is 10.3 Å². The molecule has 0 spiro atoms. The largest absolute Gasteiger partial charge is 0.378 e. The van der Waals surface area contributed by atoms with Crippen molar-refractivity contribution in [3.63, 3.8) is 0 Å². The lowest BCUT2D eigenvalue weighted by atomic mass is 10.2. The van der Waals surface area contributed by atoms with Gasteiger partial charge in [0.15, 0.2) is 0 Å². The van der Waals surface area contributed by atoms with Gasteiger partial charge in [-0.05, 0) is 42.0 Å². The minimum absolute atomic E-state index is 0.170. The van der Waals surface area contributed by atoms with E-state index in [0.29, 0.717) is 26.2 Å². The van der Waals surface area contributed by atoms with Crippen LogP contribution in [0, 0.1) is 0 Å². The van der Waals surface area contributed by atoms with E-state index in [0.717, 1.165) is 15.7 Å². The third kappa shape index (κ3) is 6.36. The number of anilines is 1. The smallest absolute Gasteiger partial charge is 0.254 e. The summed E-state index contributed by atoms with van der Waals surface area (Å²) >= 11 is 3.31. The van der Waals surface area contributed by atoms with Gasteiger partial charge in [0.25, 0.3) is 5.91 Å². The second-order valence-corrected chi connectivity index (χ2v) is 10.3. The van der Waals surface area contributed by atoms with Crippen molar-refractivity contribution < 1.29 is 13.2 Å². The number of sulfonamides is 1. The predicted molar refractivity (Wildman–Crippen MR) is 126 cm³/mol. The second kappa shape index (κ2) is 10.4. The first kappa shape index (κ1) is 23.4. The Morgan fingerprint density at radius 2 is 1.68 bits per heavy atom. The number of carbonyl (C=O) groups is 1. The van der Waals surface area contributed by atoms with Crippen molar-refractivity contribution in [2.75, 3.05) is 51.7 Å². The summed E-state index contributed by atoms with van der Waals surface area (Å²) in [5.74, 6) is -0.231. The Bertz CT molecular complexity index is 1020. The second-order valence-electron chi connectivity index (χ2n) is 7.41. The van der Waals surface area contributed by atoms with E-state index < -0.39 is 10.0 Å². The van der Waals surface area contributed by atoms with Crippen molar-refractivity contribution in [2.24, 2.45) is 5.10 Å². The van der Waals surface area contributed by atoms with Crippen LogP contribution in [0.25, 0.3) is 0 Å². The highest BCUT2D eigenvalue weighted by Gasteiger charge is 2.28. The van der Waals surface area contributed by atoms with Gasteiger partial charge in [-0.15, -0.1) is 0 Å². The topological polar surface area (TPSA) is 85.3 Å². The van der Waals surface area contributed by atoms with Crippen LogP contribution in [0.1, 0.15) is 5.56 Å². The lowest BCUT2D eigenvalue weighted by Gasteiger charge is -2.33. The first-order valence-corrected chi connectivity index (χ1v) is 12.1. The van der Waals surface area contributed by atoms with Crippen LogP contribution in [-0.4, -0.2) is 76.6 Å². The standard InChI is InChI=1S/C21H26BrN5O3S/c1-25(2)19-7-3-17(4-8-19)15-23-24-21(28)16-26-11-13-27(14-12-26)31(29,30)20-9-5-18(22)6-10-20/h3-10,15H,11-14,16H2,1-2H3,(H,24,28)/b23-15+. The maximum Gasteiger partial charge on any atom is 0.254 e. The highest BCUT2D eigenvalue weighted by atomic mass is 79.9. The van der Waals surface area contributed by atoms with Crippen LogP contribution >= 0.6 is 15.9 Å². The van der Waals surface area contributed by atoms with Crippen molar-refractivity contribution in [3.8, 4) is 0 Å². The summed E-state index contributed by atoms with van der Waals surface area (Å²) in [4.78, 5) is 16.4. The molecule has 0 atom stereocenters. The number of halogens is 1. The van der Waals surface area contributed by atoms with Crippen LogP contribution in [-0.2, 0) is 14.8 Å². The summed E-state index contributed by atoms with van der Waals surface area (Å²) in [5, 5.41) is 4.01. The van der Waals surface area contributed by atoms with Gasteiger partial charge in [0.1, 0.15) is 0 Å². The number of amides is 1. The maximum atomic E-state index is 12.8. The van der Waals surface area contributed by atoms with Gasteiger partial charge < -0.3 is 4.90 Å². The summed E-state index contributed by atoms with van der Waals surface area (Å²) < 4.78 is 27.8. The average Bonchev–Trinajstić information content (AvgIpc) is 2.75. The van der Waals surface area contributed by atoms with E-state index in [2.05, 4.69) is 26.5 Å². The fraction of sp³-hybridized carbons (Fsp3) is 0.333. The summed E-state index contributed by atoms with van der Waals surface area (Å²) in [5.41, 5.74) is 4.50. The Kier molecular flexibility index (Phi) is 7.82. The van der Waals surface area contributed by atoms with E-state index in [9.17, 15) is 13.2 Å². The number of rotatable bonds is 7. The Morgan fingerprint density at radius 3 is 2.26 bits per heavy atom. The van der Waals surface area contributed by atoms with Crippen molar-refractivity contribution in [2.45, 2.75) is 4.90 Å². The molecule has 1 aliphatic heterocycles. The summed E-state index contributed by atoms with van der Waals surface area (Å²) in [6.45, 7) is 1.82. The Balaban J connectivity index is 1.46. The van der Waals surface area contributed by atoms with Crippen LogP contribution in [0.3, 0.4) is 0 Å². The lowest BCUT2D eigenvalue weighted by molar-refractivity contribution is -0.122. The molecule has 3 rings (SSSR count). The Morgan fingerprint density at radius 1 is 1.06 bits per heavy atom. The molecule has 0 bridgehead atoms. The quantitative estimate of drug-likeness (QED) is 0.457. The van der Waals surface area contributed by atoms with E-state index in [1.54, 1.807) is 30.5 Å². The van der Waals surface area contributed by atoms with Crippen LogP contribution in [0.5, 0.6) is 0 Å². The van der Waals surface area contributed by atoms with E-state index in [1.165, 1.54) is 4.31 Å². The third-order valence-electron chi connectivity index (χ3n) is 4.96. The van der Waals surface area contributed by atoms with Gasteiger partial charge in [-0.3, -0.25) is 9.69 Å². The molecule has 2 aromatic rings. The first-order chi connectivity index (χ1) is 14.8. The lowest BCUT2D eigenvalue weighted by Crippen LogP contribution is -2.50. The molecule has 8 nitrogen and oxygen atoms in total. The van der Waals surface area contributed by atoms with Gasteiger partial charge in [-0.25, -0.2) is 13.8 Å². The zero-order valence-corrected chi connectivity index (χ0v) is 19.9. The van der Waals surface area contributed by atoms with Gasteiger partial charge in [0.2, 0.25) is 10.0 Å². The molecule has 1 aliphatic rings. The number of hydrazone groups is 1. The van der Waals surface area contributed by atoms with Gasteiger partial charge in [-0.1, -0.05) is 28.1 Å². The van der Waals surface area contributed by atoms with Crippen molar-refractivity contribution >= 4 is 43.8 Å². The van der Waals surface area contributed by atoms with E-state index in [4.69, 9.17) is 0 Å². The number of nitrogens with zero attached hydrogens (tertiary/aromatic N) is 4. The zero-order chi connectivity index (χ0) is 22.4. The van der Waals surface area contributed by atoms with Gasteiger partial charge in [0, 0.05) is 50.4 Å². The molecule has 2 aromatic carbocycles. The fourth-order valence-corrected chi connectivity index (χ4v) is 4.85. The number of hydrogen-bond donors (Lipinski definition) is 1. The summed E-state index contributed by atoms with van der Waals surface area (Å²) in [7, 11) is 0.418.